The van der Waals surface area contributed by atoms with Gasteiger partial charge in [-0.15, -0.1) is 0 Å². The molecule has 0 amide bonds. The van der Waals surface area contributed by atoms with E-state index in [2.05, 4.69) is 0 Å². The van der Waals surface area contributed by atoms with Gasteiger partial charge in [0.05, 0.1) is 24.5 Å². The number of rotatable bonds is 3. The molecular formula is C16H17ClO4. The SMILES string of the molecule is CCc1occc1C(O)c1cc2c(cc1Cl)OCCCO2. The van der Waals surface area contributed by atoms with Gasteiger partial charge in [0.15, 0.2) is 11.5 Å². The summed E-state index contributed by atoms with van der Waals surface area (Å²) in [4.78, 5) is 0. The molecule has 0 radical (unpaired) electrons. The van der Waals surface area contributed by atoms with Gasteiger partial charge in [-0.25, -0.2) is 0 Å². The van der Waals surface area contributed by atoms with Crippen molar-refractivity contribution in [2.45, 2.75) is 25.9 Å². The van der Waals surface area contributed by atoms with Crippen molar-refractivity contribution in [3.8, 4) is 11.5 Å². The number of hydrogen-bond acceptors (Lipinski definition) is 4. The van der Waals surface area contributed by atoms with Crippen molar-refractivity contribution in [3.05, 3.63) is 46.4 Å². The predicted octanol–water partition coefficient (Wildman–Crippen LogP) is 3.74. The summed E-state index contributed by atoms with van der Waals surface area (Å²) in [6.07, 6.45) is 2.27. The monoisotopic (exact) mass is 308 g/mol. The lowest BCUT2D eigenvalue weighted by molar-refractivity contribution is 0.216. The number of aryl methyl sites for hydroxylation is 1. The summed E-state index contributed by atoms with van der Waals surface area (Å²) in [5, 5.41) is 11.1. The minimum atomic E-state index is -0.844. The zero-order valence-electron chi connectivity index (χ0n) is 11.8. The molecule has 3 rings (SSSR count). The van der Waals surface area contributed by atoms with Crippen LogP contribution in [0, 0.1) is 0 Å². The minimum absolute atomic E-state index is 0.454. The molecule has 0 saturated carbocycles. The number of furan rings is 1. The summed E-state index contributed by atoms with van der Waals surface area (Å²) in [6, 6.07) is 5.22. The molecular weight excluding hydrogens is 292 g/mol. The average molecular weight is 309 g/mol. The van der Waals surface area contributed by atoms with E-state index in [4.69, 9.17) is 25.5 Å². The third-order valence-corrected chi connectivity index (χ3v) is 3.88. The number of benzene rings is 1. The highest BCUT2D eigenvalue weighted by atomic mass is 35.5. The molecule has 2 aromatic rings. The molecule has 1 aliphatic rings. The van der Waals surface area contributed by atoms with Crippen LogP contribution in [0.5, 0.6) is 11.5 Å². The molecule has 1 aromatic heterocycles. The highest BCUT2D eigenvalue weighted by Gasteiger charge is 2.22. The number of aliphatic hydroxyl groups excluding tert-OH is 1. The molecule has 1 aromatic carbocycles. The number of aliphatic hydroxyl groups is 1. The Morgan fingerprint density at radius 1 is 1.19 bits per heavy atom. The van der Waals surface area contributed by atoms with Crippen LogP contribution in [0.4, 0.5) is 0 Å². The van der Waals surface area contributed by atoms with Gasteiger partial charge in [-0.3, -0.25) is 0 Å². The largest absolute Gasteiger partial charge is 0.490 e. The van der Waals surface area contributed by atoms with Crippen LogP contribution in [-0.2, 0) is 6.42 Å². The van der Waals surface area contributed by atoms with Crippen LogP contribution in [0.15, 0.2) is 28.9 Å². The molecule has 0 aliphatic carbocycles. The summed E-state index contributed by atoms with van der Waals surface area (Å²) in [5.41, 5.74) is 1.32. The van der Waals surface area contributed by atoms with E-state index in [-0.39, 0.29) is 0 Å². The second-order valence-electron chi connectivity index (χ2n) is 4.93. The first-order chi connectivity index (χ1) is 10.2. The van der Waals surface area contributed by atoms with Crippen LogP contribution >= 0.6 is 11.6 Å². The molecule has 1 N–H and O–H groups in total. The zero-order chi connectivity index (χ0) is 14.8. The van der Waals surface area contributed by atoms with Crippen LogP contribution in [0.1, 0.15) is 36.3 Å². The van der Waals surface area contributed by atoms with Crippen molar-refractivity contribution in [2.75, 3.05) is 13.2 Å². The molecule has 5 heteroatoms. The summed E-state index contributed by atoms with van der Waals surface area (Å²) in [6.45, 7) is 3.17. The van der Waals surface area contributed by atoms with Gasteiger partial charge in [0, 0.05) is 30.0 Å². The number of hydrogen-bond donors (Lipinski definition) is 1. The number of halogens is 1. The second kappa shape index (κ2) is 6.00. The Labute approximate surface area is 128 Å². The van der Waals surface area contributed by atoms with Crippen molar-refractivity contribution in [3.63, 3.8) is 0 Å². The molecule has 2 heterocycles. The molecule has 4 nitrogen and oxygen atoms in total. The van der Waals surface area contributed by atoms with E-state index < -0.39 is 6.10 Å². The van der Waals surface area contributed by atoms with Crippen molar-refractivity contribution in [2.24, 2.45) is 0 Å². The quantitative estimate of drug-likeness (QED) is 0.938. The van der Waals surface area contributed by atoms with Crippen molar-refractivity contribution < 1.29 is 19.0 Å². The van der Waals surface area contributed by atoms with Gasteiger partial charge in [0.1, 0.15) is 11.9 Å². The molecule has 0 saturated heterocycles. The van der Waals surface area contributed by atoms with Crippen LogP contribution in [0.25, 0.3) is 0 Å². The maximum atomic E-state index is 10.6. The lowest BCUT2D eigenvalue weighted by Crippen LogP contribution is -2.03. The van der Waals surface area contributed by atoms with E-state index in [1.165, 1.54) is 0 Å². The van der Waals surface area contributed by atoms with Gasteiger partial charge in [-0.2, -0.15) is 0 Å². The zero-order valence-corrected chi connectivity index (χ0v) is 12.5. The van der Waals surface area contributed by atoms with Gasteiger partial charge in [-0.05, 0) is 12.1 Å². The second-order valence-corrected chi connectivity index (χ2v) is 5.33. The standard InChI is InChI=1S/C16H17ClO4/c1-2-13-10(4-7-21-13)16(18)11-8-14-15(9-12(11)17)20-6-3-5-19-14/h4,7-9,16,18H,2-3,5-6H2,1H3. The summed E-state index contributed by atoms with van der Waals surface area (Å²) in [5.74, 6) is 1.99. The Kier molecular flexibility index (Phi) is 4.08. The lowest BCUT2D eigenvalue weighted by atomic mass is 10.0. The average Bonchev–Trinajstić information content (AvgIpc) is 2.85. The molecule has 0 bridgehead atoms. The first-order valence-corrected chi connectivity index (χ1v) is 7.42. The molecule has 0 spiro atoms. The fourth-order valence-corrected chi connectivity index (χ4v) is 2.72. The normalized spacial score (nSPS) is 15.6. The van der Waals surface area contributed by atoms with Crippen molar-refractivity contribution in [1.29, 1.82) is 0 Å². The Morgan fingerprint density at radius 3 is 2.62 bits per heavy atom. The van der Waals surface area contributed by atoms with Crippen LogP contribution in [0.2, 0.25) is 5.02 Å². The Hall–Kier alpha value is -1.65. The summed E-state index contributed by atoms with van der Waals surface area (Å²) in [7, 11) is 0. The van der Waals surface area contributed by atoms with Gasteiger partial charge in [0.25, 0.3) is 0 Å². The van der Waals surface area contributed by atoms with Gasteiger partial charge in [-0.1, -0.05) is 18.5 Å². The minimum Gasteiger partial charge on any atom is -0.490 e. The van der Waals surface area contributed by atoms with Crippen LogP contribution in [-0.4, -0.2) is 18.3 Å². The Balaban J connectivity index is 2.00. The third-order valence-electron chi connectivity index (χ3n) is 3.56. The molecule has 1 unspecified atom stereocenters. The van der Waals surface area contributed by atoms with E-state index in [9.17, 15) is 5.11 Å². The van der Waals surface area contributed by atoms with Crippen LogP contribution < -0.4 is 9.47 Å². The highest BCUT2D eigenvalue weighted by molar-refractivity contribution is 6.31. The number of fused-ring (bicyclic) bond motifs is 1. The van der Waals surface area contributed by atoms with Gasteiger partial charge >= 0.3 is 0 Å². The molecule has 112 valence electrons. The first-order valence-electron chi connectivity index (χ1n) is 7.04. The lowest BCUT2D eigenvalue weighted by Gasteiger charge is -2.16. The fraction of sp³-hybridized carbons (Fsp3) is 0.375. The van der Waals surface area contributed by atoms with E-state index in [0.29, 0.717) is 41.7 Å². The molecule has 0 fully saturated rings. The van der Waals surface area contributed by atoms with Gasteiger partial charge < -0.3 is 19.0 Å². The maximum absolute atomic E-state index is 10.6. The van der Waals surface area contributed by atoms with E-state index >= 15 is 0 Å². The first kappa shape index (κ1) is 14.3. The van der Waals surface area contributed by atoms with Crippen molar-refractivity contribution >= 4 is 11.6 Å². The highest BCUT2D eigenvalue weighted by Crippen LogP contribution is 2.39. The van der Waals surface area contributed by atoms with Crippen molar-refractivity contribution in [1.82, 2.24) is 0 Å². The fourth-order valence-electron chi connectivity index (χ4n) is 2.46. The summed E-state index contributed by atoms with van der Waals surface area (Å²) >= 11 is 6.30. The molecule has 1 atom stereocenters. The smallest absolute Gasteiger partial charge is 0.162 e. The van der Waals surface area contributed by atoms with E-state index in [1.54, 1.807) is 24.5 Å². The van der Waals surface area contributed by atoms with Gasteiger partial charge in [0.2, 0.25) is 0 Å². The molecule has 21 heavy (non-hydrogen) atoms. The molecule has 1 aliphatic heterocycles. The van der Waals surface area contributed by atoms with Crippen LogP contribution in [0.3, 0.4) is 0 Å². The Morgan fingerprint density at radius 2 is 1.90 bits per heavy atom. The maximum Gasteiger partial charge on any atom is 0.162 e. The van der Waals surface area contributed by atoms with E-state index in [0.717, 1.165) is 17.7 Å². The summed E-state index contributed by atoms with van der Waals surface area (Å²) < 4.78 is 16.6. The number of ether oxygens (including phenoxy) is 2. The third kappa shape index (κ3) is 2.74. The predicted molar refractivity (Wildman–Crippen MR) is 79.2 cm³/mol. The topological polar surface area (TPSA) is 51.8 Å². The van der Waals surface area contributed by atoms with E-state index in [1.807, 2.05) is 6.92 Å². The Bertz CT molecular complexity index is 635.